The predicted octanol–water partition coefficient (Wildman–Crippen LogP) is 1.73. The molecule has 0 saturated carbocycles. The minimum Gasteiger partial charge on any atom is -0.272 e. The van der Waals surface area contributed by atoms with Crippen molar-refractivity contribution in [3.63, 3.8) is 0 Å². The fourth-order valence-corrected chi connectivity index (χ4v) is 1.16. The molecular weight excluding hydrogens is 251 g/mol. The second-order valence-corrected chi connectivity index (χ2v) is 4.16. The molecule has 86 valence electrons. The number of benzene rings is 1. The Kier molecular flexibility index (Phi) is 4.58. The molecule has 1 aromatic carbocycles. The summed E-state index contributed by atoms with van der Waals surface area (Å²) in [6, 6.07) is 6.37. The quantitative estimate of drug-likeness (QED) is 0.629. The van der Waals surface area contributed by atoms with Crippen molar-refractivity contribution in [2.45, 2.75) is 12.3 Å². The maximum absolute atomic E-state index is 11.5. The zero-order valence-corrected chi connectivity index (χ0v) is 9.97. The molecule has 1 aromatic rings. The van der Waals surface area contributed by atoms with Gasteiger partial charge in [0.2, 0.25) is 0 Å². The zero-order chi connectivity index (χ0) is 12.1. The van der Waals surface area contributed by atoms with Gasteiger partial charge in [0.25, 0.3) is 11.8 Å². The Bertz CT molecular complexity index is 408. The topological polar surface area (TPSA) is 58.2 Å². The minimum absolute atomic E-state index is 0.357. The number of nitrogens with one attached hydrogen (secondary N) is 2. The molecule has 1 atom stereocenters. The molecule has 0 radical (unpaired) electrons. The van der Waals surface area contributed by atoms with Crippen molar-refractivity contribution in [2.24, 2.45) is 0 Å². The second-order valence-electron chi connectivity index (χ2n) is 3.07. The van der Waals surface area contributed by atoms with Gasteiger partial charge in [0.05, 0.1) is 0 Å². The van der Waals surface area contributed by atoms with Gasteiger partial charge in [0, 0.05) is 10.6 Å². The Morgan fingerprint density at radius 1 is 1.31 bits per heavy atom. The van der Waals surface area contributed by atoms with Crippen molar-refractivity contribution < 1.29 is 9.59 Å². The molecule has 0 heterocycles. The highest BCUT2D eigenvalue weighted by Crippen LogP contribution is 2.10. The molecule has 0 fully saturated rings. The van der Waals surface area contributed by atoms with Crippen molar-refractivity contribution in [3.05, 3.63) is 34.9 Å². The van der Waals surface area contributed by atoms with Gasteiger partial charge in [-0.3, -0.25) is 20.4 Å². The molecule has 0 saturated heterocycles. The summed E-state index contributed by atoms with van der Waals surface area (Å²) < 4.78 is 0. The largest absolute Gasteiger partial charge is 0.272 e. The van der Waals surface area contributed by atoms with Crippen LogP contribution in [0, 0.1) is 0 Å². The van der Waals surface area contributed by atoms with Crippen LogP contribution in [0.25, 0.3) is 0 Å². The van der Waals surface area contributed by atoms with Gasteiger partial charge < -0.3 is 0 Å². The summed E-state index contributed by atoms with van der Waals surface area (Å²) in [5.41, 5.74) is 4.77. The first-order valence-corrected chi connectivity index (χ1v) is 5.32. The number of carbonyl (C=O) groups excluding carboxylic acids is 2. The van der Waals surface area contributed by atoms with Crippen LogP contribution in [0.3, 0.4) is 0 Å². The van der Waals surface area contributed by atoms with Crippen molar-refractivity contribution in [1.29, 1.82) is 0 Å². The zero-order valence-electron chi connectivity index (χ0n) is 8.46. The molecule has 2 amide bonds. The lowest BCUT2D eigenvalue weighted by Crippen LogP contribution is -2.44. The van der Waals surface area contributed by atoms with Crippen LogP contribution in [-0.2, 0) is 4.79 Å². The minimum atomic E-state index is -0.709. The molecule has 0 aliphatic heterocycles. The molecule has 1 rings (SSSR count). The smallest absolute Gasteiger partial charge is 0.269 e. The molecule has 16 heavy (non-hydrogen) atoms. The summed E-state index contributed by atoms with van der Waals surface area (Å²) in [6.45, 7) is 1.50. The monoisotopic (exact) mass is 260 g/mol. The molecule has 0 spiro atoms. The van der Waals surface area contributed by atoms with E-state index in [1.54, 1.807) is 18.2 Å². The number of hydrogen-bond donors (Lipinski definition) is 2. The first kappa shape index (κ1) is 12.8. The second kappa shape index (κ2) is 5.72. The lowest BCUT2D eigenvalue weighted by molar-refractivity contribution is -0.121. The van der Waals surface area contributed by atoms with E-state index in [0.29, 0.717) is 10.6 Å². The van der Waals surface area contributed by atoms with Gasteiger partial charge in [-0.05, 0) is 25.1 Å². The summed E-state index contributed by atoms with van der Waals surface area (Å²) in [7, 11) is 0. The van der Waals surface area contributed by atoms with E-state index in [1.807, 2.05) is 0 Å². The standard InChI is InChI=1S/C10H10Cl2N2O2/c1-6(11)9(15)13-14-10(16)7-3-2-4-8(12)5-7/h2-6H,1H3,(H,13,15)(H,14,16)/t6-/m0/s1. The molecule has 4 nitrogen and oxygen atoms in total. The fourth-order valence-electron chi connectivity index (χ4n) is 0.920. The van der Waals surface area contributed by atoms with Crippen LogP contribution >= 0.6 is 23.2 Å². The molecule has 0 aromatic heterocycles. The third-order valence-corrected chi connectivity index (χ3v) is 2.18. The molecule has 0 aliphatic rings. The predicted molar refractivity (Wildman–Crippen MR) is 62.4 cm³/mol. The van der Waals surface area contributed by atoms with E-state index in [9.17, 15) is 9.59 Å². The van der Waals surface area contributed by atoms with Crippen molar-refractivity contribution >= 4 is 35.0 Å². The lowest BCUT2D eigenvalue weighted by Gasteiger charge is -2.08. The van der Waals surface area contributed by atoms with Gasteiger partial charge in [0.15, 0.2) is 0 Å². The van der Waals surface area contributed by atoms with Crippen LogP contribution < -0.4 is 10.9 Å². The van der Waals surface area contributed by atoms with E-state index in [0.717, 1.165) is 0 Å². The SMILES string of the molecule is C[C@H](Cl)C(=O)NNC(=O)c1cccc(Cl)c1. The Morgan fingerprint density at radius 2 is 2.00 bits per heavy atom. The molecule has 0 bridgehead atoms. The number of rotatable bonds is 2. The number of carbonyl (C=O) groups is 2. The summed E-state index contributed by atoms with van der Waals surface area (Å²) in [5, 5.41) is -0.260. The maximum atomic E-state index is 11.5. The van der Waals surface area contributed by atoms with Crippen LogP contribution in [0.5, 0.6) is 0 Å². The van der Waals surface area contributed by atoms with Gasteiger partial charge in [0.1, 0.15) is 5.38 Å². The van der Waals surface area contributed by atoms with Gasteiger partial charge in [-0.15, -0.1) is 11.6 Å². The van der Waals surface area contributed by atoms with E-state index in [-0.39, 0.29) is 0 Å². The first-order valence-electron chi connectivity index (χ1n) is 4.50. The van der Waals surface area contributed by atoms with E-state index < -0.39 is 17.2 Å². The fraction of sp³-hybridized carbons (Fsp3) is 0.200. The van der Waals surface area contributed by atoms with Crippen LogP contribution in [0.15, 0.2) is 24.3 Å². The number of hydrazine groups is 1. The van der Waals surface area contributed by atoms with Gasteiger partial charge in [-0.25, -0.2) is 0 Å². The average Bonchev–Trinajstić information content (AvgIpc) is 2.25. The molecule has 2 N–H and O–H groups in total. The average molecular weight is 261 g/mol. The van der Waals surface area contributed by atoms with E-state index in [4.69, 9.17) is 23.2 Å². The van der Waals surface area contributed by atoms with Crippen molar-refractivity contribution in [1.82, 2.24) is 10.9 Å². The van der Waals surface area contributed by atoms with Crippen LogP contribution in [0.1, 0.15) is 17.3 Å². The van der Waals surface area contributed by atoms with Crippen LogP contribution in [0.4, 0.5) is 0 Å². The Labute approximate surface area is 103 Å². The highest BCUT2D eigenvalue weighted by Gasteiger charge is 2.11. The highest BCUT2D eigenvalue weighted by atomic mass is 35.5. The van der Waals surface area contributed by atoms with E-state index in [1.165, 1.54) is 13.0 Å². The lowest BCUT2D eigenvalue weighted by atomic mass is 10.2. The first-order chi connectivity index (χ1) is 7.50. The number of amides is 2. The Morgan fingerprint density at radius 3 is 2.56 bits per heavy atom. The van der Waals surface area contributed by atoms with Crippen molar-refractivity contribution in [3.8, 4) is 0 Å². The van der Waals surface area contributed by atoms with Gasteiger partial charge in [-0.2, -0.15) is 0 Å². The Balaban J connectivity index is 2.57. The number of hydrogen-bond acceptors (Lipinski definition) is 2. The van der Waals surface area contributed by atoms with Crippen LogP contribution in [0.2, 0.25) is 5.02 Å². The molecular formula is C10H10Cl2N2O2. The summed E-state index contributed by atoms with van der Waals surface area (Å²) >= 11 is 11.2. The summed E-state index contributed by atoms with van der Waals surface area (Å²) in [4.78, 5) is 22.6. The molecule has 0 aliphatic carbocycles. The van der Waals surface area contributed by atoms with E-state index >= 15 is 0 Å². The third-order valence-electron chi connectivity index (χ3n) is 1.75. The highest BCUT2D eigenvalue weighted by molar-refractivity contribution is 6.31. The maximum Gasteiger partial charge on any atom is 0.269 e. The van der Waals surface area contributed by atoms with Gasteiger partial charge in [-0.1, -0.05) is 17.7 Å². The van der Waals surface area contributed by atoms with Gasteiger partial charge >= 0.3 is 0 Å². The normalized spacial score (nSPS) is 11.7. The number of halogens is 2. The van der Waals surface area contributed by atoms with Crippen molar-refractivity contribution in [2.75, 3.05) is 0 Å². The molecule has 6 heteroatoms. The Hall–Kier alpha value is -1.26. The molecule has 0 unspecified atom stereocenters. The number of alkyl halides is 1. The van der Waals surface area contributed by atoms with E-state index in [2.05, 4.69) is 10.9 Å². The van der Waals surface area contributed by atoms with Crippen LogP contribution in [-0.4, -0.2) is 17.2 Å². The summed E-state index contributed by atoms with van der Waals surface area (Å²) in [6.07, 6.45) is 0. The third kappa shape index (κ3) is 3.72. The summed E-state index contributed by atoms with van der Waals surface area (Å²) in [5.74, 6) is -0.926.